The van der Waals surface area contributed by atoms with Crippen molar-refractivity contribution >= 4 is 5.78 Å². The summed E-state index contributed by atoms with van der Waals surface area (Å²) in [5, 5.41) is 9.91. The van der Waals surface area contributed by atoms with Crippen LogP contribution in [0.4, 0.5) is 0 Å². The Kier molecular flexibility index (Phi) is 1.90. The van der Waals surface area contributed by atoms with Gasteiger partial charge in [0.1, 0.15) is 6.26 Å². The SMILES string of the molecule is Cc1coc(-c2n[nH]c3c2C(=O)CNC3)n1. The minimum Gasteiger partial charge on any atom is -0.443 e. The third-order valence-corrected chi connectivity index (χ3v) is 2.53. The Labute approximate surface area is 91.1 Å². The van der Waals surface area contributed by atoms with E-state index in [0.717, 1.165) is 11.4 Å². The molecule has 0 atom stereocenters. The Bertz CT molecular complexity index is 555. The molecular formula is C10H10N4O2. The van der Waals surface area contributed by atoms with Gasteiger partial charge in [-0.05, 0) is 6.92 Å². The van der Waals surface area contributed by atoms with Gasteiger partial charge in [-0.2, -0.15) is 5.10 Å². The van der Waals surface area contributed by atoms with Crippen molar-refractivity contribution in [3.05, 3.63) is 23.2 Å². The summed E-state index contributed by atoms with van der Waals surface area (Å²) < 4.78 is 5.26. The lowest BCUT2D eigenvalue weighted by molar-refractivity contribution is 0.0982. The van der Waals surface area contributed by atoms with Crippen LogP contribution in [0.1, 0.15) is 21.7 Å². The van der Waals surface area contributed by atoms with E-state index in [1.807, 2.05) is 6.92 Å². The van der Waals surface area contributed by atoms with Crippen LogP contribution in [0.2, 0.25) is 0 Å². The van der Waals surface area contributed by atoms with Gasteiger partial charge in [-0.25, -0.2) is 4.98 Å². The second kappa shape index (κ2) is 3.28. The molecule has 2 aromatic heterocycles. The van der Waals surface area contributed by atoms with Crippen molar-refractivity contribution in [2.45, 2.75) is 13.5 Å². The van der Waals surface area contributed by atoms with Crippen LogP contribution in [-0.4, -0.2) is 27.5 Å². The number of aromatic amines is 1. The number of carbonyl (C=O) groups is 1. The number of hydrogen-bond donors (Lipinski definition) is 2. The van der Waals surface area contributed by atoms with Crippen LogP contribution >= 0.6 is 0 Å². The summed E-state index contributed by atoms with van der Waals surface area (Å²) in [5.41, 5.74) is 2.67. The zero-order valence-electron chi connectivity index (χ0n) is 8.70. The van der Waals surface area contributed by atoms with Crippen LogP contribution in [0.15, 0.2) is 10.7 Å². The third kappa shape index (κ3) is 1.27. The standard InChI is InChI=1S/C10H10N4O2/c1-5-4-16-10(12-5)9-8-6(13-14-9)2-11-3-7(8)15/h4,11H,2-3H2,1H3,(H,13,14). The Morgan fingerprint density at radius 3 is 3.06 bits per heavy atom. The quantitative estimate of drug-likeness (QED) is 0.734. The fourth-order valence-electron chi connectivity index (χ4n) is 1.81. The Balaban J connectivity index is 2.15. The van der Waals surface area contributed by atoms with Gasteiger partial charge in [0.25, 0.3) is 0 Å². The first kappa shape index (κ1) is 9.29. The van der Waals surface area contributed by atoms with E-state index in [-0.39, 0.29) is 5.78 Å². The summed E-state index contributed by atoms with van der Waals surface area (Å²) in [7, 11) is 0. The second-order valence-electron chi connectivity index (χ2n) is 3.75. The van der Waals surface area contributed by atoms with Gasteiger partial charge in [-0.15, -0.1) is 0 Å². The Morgan fingerprint density at radius 1 is 1.44 bits per heavy atom. The third-order valence-electron chi connectivity index (χ3n) is 2.53. The maximum absolute atomic E-state index is 11.8. The van der Waals surface area contributed by atoms with Gasteiger partial charge in [0.05, 0.1) is 23.5 Å². The molecule has 0 spiro atoms. The number of Topliss-reactive ketones (excluding diaryl/α,β-unsaturated/α-hetero) is 1. The van der Waals surface area contributed by atoms with Crippen molar-refractivity contribution in [1.82, 2.24) is 20.5 Å². The van der Waals surface area contributed by atoms with E-state index in [9.17, 15) is 4.79 Å². The molecule has 0 saturated carbocycles. The van der Waals surface area contributed by atoms with Gasteiger partial charge in [-0.1, -0.05) is 0 Å². The molecule has 0 saturated heterocycles. The average molecular weight is 218 g/mol. The van der Waals surface area contributed by atoms with E-state index in [2.05, 4.69) is 20.5 Å². The molecule has 6 nitrogen and oxygen atoms in total. The van der Waals surface area contributed by atoms with Crippen molar-refractivity contribution in [2.24, 2.45) is 0 Å². The molecule has 0 radical (unpaired) electrons. The van der Waals surface area contributed by atoms with Gasteiger partial charge in [0.15, 0.2) is 11.5 Å². The van der Waals surface area contributed by atoms with Crippen LogP contribution in [0.3, 0.4) is 0 Å². The molecular weight excluding hydrogens is 208 g/mol. The normalized spacial score (nSPS) is 15.2. The number of aromatic nitrogens is 3. The number of nitrogens with zero attached hydrogens (tertiary/aromatic N) is 2. The van der Waals surface area contributed by atoms with E-state index in [0.29, 0.717) is 30.2 Å². The van der Waals surface area contributed by atoms with Crippen LogP contribution in [-0.2, 0) is 6.54 Å². The smallest absolute Gasteiger partial charge is 0.247 e. The molecule has 2 N–H and O–H groups in total. The van der Waals surface area contributed by atoms with Gasteiger partial charge in [0.2, 0.25) is 5.89 Å². The molecule has 1 aliphatic heterocycles. The molecule has 82 valence electrons. The van der Waals surface area contributed by atoms with Gasteiger partial charge >= 0.3 is 0 Å². The summed E-state index contributed by atoms with van der Waals surface area (Å²) in [5.74, 6) is 0.408. The lowest BCUT2D eigenvalue weighted by atomic mass is 10.0. The van der Waals surface area contributed by atoms with E-state index in [1.54, 1.807) is 6.26 Å². The number of ketones is 1. The fourth-order valence-corrected chi connectivity index (χ4v) is 1.81. The predicted molar refractivity (Wildman–Crippen MR) is 54.9 cm³/mol. The molecule has 0 bridgehead atoms. The molecule has 0 aliphatic carbocycles. The number of hydrogen-bond acceptors (Lipinski definition) is 5. The van der Waals surface area contributed by atoms with Crippen LogP contribution in [0.5, 0.6) is 0 Å². The molecule has 16 heavy (non-hydrogen) atoms. The summed E-state index contributed by atoms with van der Waals surface area (Å²) in [6, 6.07) is 0. The second-order valence-corrected chi connectivity index (χ2v) is 3.75. The van der Waals surface area contributed by atoms with E-state index >= 15 is 0 Å². The maximum atomic E-state index is 11.8. The number of aryl methyl sites for hydroxylation is 1. The number of nitrogens with one attached hydrogen (secondary N) is 2. The fraction of sp³-hybridized carbons (Fsp3) is 0.300. The van der Waals surface area contributed by atoms with Crippen LogP contribution in [0, 0.1) is 6.92 Å². The van der Waals surface area contributed by atoms with Gasteiger partial charge in [-0.3, -0.25) is 9.89 Å². The molecule has 0 amide bonds. The van der Waals surface area contributed by atoms with Crippen molar-refractivity contribution in [3.63, 3.8) is 0 Å². The minimum atomic E-state index is 0.0147. The van der Waals surface area contributed by atoms with Crippen molar-refractivity contribution in [3.8, 4) is 11.6 Å². The predicted octanol–water partition coefficient (Wildman–Crippen LogP) is 0.659. The molecule has 3 heterocycles. The summed E-state index contributed by atoms with van der Waals surface area (Å²) in [4.78, 5) is 15.9. The Hall–Kier alpha value is -1.95. The summed E-state index contributed by atoms with van der Waals surface area (Å²) >= 11 is 0. The lowest BCUT2D eigenvalue weighted by Gasteiger charge is -2.10. The van der Waals surface area contributed by atoms with Crippen molar-refractivity contribution in [2.75, 3.05) is 6.54 Å². The monoisotopic (exact) mass is 218 g/mol. The first-order valence-electron chi connectivity index (χ1n) is 4.99. The van der Waals surface area contributed by atoms with Gasteiger partial charge < -0.3 is 9.73 Å². The molecule has 2 aromatic rings. The number of rotatable bonds is 1. The van der Waals surface area contributed by atoms with E-state index in [4.69, 9.17) is 4.42 Å². The largest absolute Gasteiger partial charge is 0.443 e. The number of H-pyrrole nitrogens is 1. The maximum Gasteiger partial charge on any atom is 0.247 e. The average Bonchev–Trinajstić information content (AvgIpc) is 2.84. The topological polar surface area (TPSA) is 83.8 Å². The highest BCUT2D eigenvalue weighted by Gasteiger charge is 2.26. The molecule has 0 fully saturated rings. The molecule has 0 aromatic carbocycles. The molecule has 3 rings (SSSR count). The molecule has 6 heteroatoms. The summed E-state index contributed by atoms with van der Waals surface area (Å²) in [6.07, 6.45) is 1.54. The molecule has 1 aliphatic rings. The van der Waals surface area contributed by atoms with Crippen molar-refractivity contribution < 1.29 is 9.21 Å². The highest BCUT2D eigenvalue weighted by molar-refractivity contribution is 6.03. The zero-order chi connectivity index (χ0) is 11.1. The van der Waals surface area contributed by atoms with E-state index in [1.165, 1.54) is 0 Å². The number of fused-ring (bicyclic) bond motifs is 1. The van der Waals surface area contributed by atoms with Crippen LogP contribution in [0.25, 0.3) is 11.6 Å². The van der Waals surface area contributed by atoms with Gasteiger partial charge in [0, 0.05) is 6.54 Å². The number of oxazole rings is 1. The highest BCUT2D eigenvalue weighted by Crippen LogP contribution is 2.25. The number of carbonyl (C=O) groups excluding carboxylic acids is 1. The first-order chi connectivity index (χ1) is 7.75. The van der Waals surface area contributed by atoms with Crippen molar-refractivity contribution in [1.29, 1.82) is 0 Å². The zero-order valence-corrected chi connectivity index (χ0v) is 8.70. The lowest BCUT2D eigenvalue weighted by Crippen LogP contribution is -2.29. The highest BCUT2D eigenvalue weighted by atomic mass is 16.3. The molecule has 0 unspecified atom stereocenters. The first-order valence-corrected chi connectivity index (χ1v) is 4.99. The summed E-state index contributed by atoms with van der Waals surface area (Å²) in [6.45, 7) is 2.78. The Morgan fingerprint density at radius 2 is 2.31 bits per heavy atom. The van der Waals surface area contributed by atoms with Crippen LogP contribution < -0.4 is 5.32 Å². The van der Waals surface area contributed by atoms with E-state index < -0.39 is 0 Å². The minimum absolute atomic E-state index is 0.0147.